The maximum absolute atomic E-state index is 12.0. The number of ether oxygens (including phenoxy) is 1. The quantitative estimate of drug-likeness (QED) is 0.828. The van der Waals surface area contributed by atoms with Crippen LogP contribution in [0.3, 0.4) is 0 Å². The van der Waals surface area contributed by atoms with Gasteiger partial charge in [-0.15, -0.1) is 11.3 Å². The van der Waals surface area contributed by atoms with E-state index in [2.05, 4.69) is 5.32 Å². The van der Waals surface area contributed by atoms with Crippen LogP contribution in [0.1, 0.15) is 23.4 Å². The summed E-state index contributed by atoms with van der Waals surface area (Å²) in [5.41, 5.74) is 0.893. The molecular weight excluding hydrogens is 252 g/mol. The maximum Gasteiger partial charge on any atom is 0.333 e. The van der Waals surface area contributed by atoms with E-state index in [9.17, 15) is 9.59 Å². The van der Waals surface area contributed by atoms with Gasteiger partial charge in [-0.2, -0.15) is 0 Å². The van der Waals surface area contributed by atoms with Crippen molar-refractivity contribution in [2.45, 2.75) is 19.4 Å². The number of carbonyl (C=O) groups excluding carboxylic acids is 2. The van der Waals surface area contributed by atoms with Gasteiger partial charge in [0.25, 0.3) is 0 Å². The fourth-order valence-electron chi connectivity index (χ4n) is 2.15. The van der Waals surface area contributed by atoms with Crippen LogP contribution < -0.4 is 5.32 Å². The van der Waals surface area contributed by atoms with Gasteiger partial charge in [-0.3, -0.25) is 0 Å². The van der Waals surface area contributed by atoms with E-state index < -0.39 is 6.04 Å². The number of hydrogen-bond acceptors (Lipinski definition) is 4. The number of amides is 2. The summed E-state index contributed by atoms with van der Waals surface area (Å²) in [7, 11) is 1.35. The summed E-state index contributed by atoms with van der Waals surface area (Å²) in [5.74, 6) is -0.388. The fourth-order valence-corrected chi connectivity index (χ4v) is 3.06. The highest BCUT2D eigenvalue weighted by Gasteiger charge is 2.37. The molecule has 1 N–H and O–H groups in total. The molecule has 0 spiro atoms. The Bertz CT molecular complexity index is 458. The zero-order chi connectivity index (χ0) is 13.1. The standard InChI is InChI=1S/C12H16N2O3S/c1-3-13-12(16)14-6-4-9-8(5-7-18-9)10(14)11(15)17-2/h5,7,10H,3-4,6H2,1-2H3,(H,13,16)/t10-/m1/s1. The first-order valence-corrected chi connectivity index (χ1v) is 6.75. The summed E-state index contributed by atoms with van der Waals surface area (Å²) in [6, 6.07) is 1.06. The van der Waals surface area contributed by atoms with Crippen LogP contribution in [0, 0.1) is 0 Å². The maximum atomic E-state index is 12.0. The van der Waals surface area contributed by atoms with Crippen molar-refractivity contribution in [1.29, 1.82) is 0 Å². The Balaban J connectivity index is 2.31. The predicted octanol–water partition coefficient (Wildman–Crippen LogP) is 1.55. The molecule has 0 aliphatic carbocycles. The SMILES string of the molecule is CCNC(=O)N1CCc2sccc2[C@@H]1C(=O)OC. The summed E-state index contributed by atoms with van der Waals surface area (Å²) in [5, 5.41) is 4.68. The molecule has 98 valence electrons. The van der Waals surface area contributed by atoms with Crippen molar-refractivity contribution in [1.82, 2.24) is 10.2 Å². The minimum atomic E-state index is -0.614. The van der Waals surface area contributed by atoms with E-state index in [0.717, 1.165) is 16.9 Å². The number of fused-ring (bicyclic) bond motifs is 1. The molecule has 0 saturated heterocycles. The third-order valence-corrected chi connectivity index (χ3v) is 3.98. The smallest absolute Gasteiger partial charge is 0.333 e. The van der Waals surface area contributed by atoms with E-state index in [0.29, 0.717) is 13.1 Å². The molecule has 1 aliphatic heterocycles. The Morgan fingerprint density at radius 2 is 2.39 bits per heavy atom. The second kappa shape index (κ2) is 5.39. The fraction of sp³-hybridized carbons (Fsp3) is 0.500. The van der Waals surface area contributed by atoms with Crippen LogP contribution in [0.25, 0.3) is 0 Å². The molecule has 0 radical (unpaired) electrons. The summed E-state index contributed by atoms with van der Waals surface area (Å²) >= 11 is 1.62. The number of urea groups is 1. The lowest BCUT2D eigenvalue weighted by molar-refractivity contribution is -0.146. The van der Waals surface area contributed by atoms with Gasteiger partial charge in [-0.05, 0) is 30.4 Å². The Hall–Kier alpha value is -1.56. The van der Waals surface area contributed by atoms with Crippen molar-refractivity contribution in [2.75, 3.05) is 20.2 Å². The van der Waals surface area contributed by atoms with Crippen molar-refractivity contribution in [3.05, 3.63) is 21.9 Å². The number of thiophene rings is 1. The van der Waals surface area contributed by atoms with E-state index >= 15 is 0 Å². The number of rotatable bonds is 2. The summed E-state index contributed by atoms with van der Waals surface area (Å²) in [6.45, 7) is 2.93. The monoisotopic (exact) mass is 268 g/mol. The highest BCUT2D eigenvalue weighted by atomic mass is 32.1. The molecule has 2 amide bonds. The van der Waals surface area contributed by atoms with E-state index in [1.54, 1.807) is 16.2 Å². The van der Waals surface area contributed by atoms with Crippen molar-refractivity contribution in [2.24, 2.45) is 0 Å². The van der Waals surface area contributed by atoms with E-state index in [4.69, 9.17) is 4.74 Å². The number of esters is 1. The summed E-state index contributed by atoms with van der Waals surface area (Å²) in [4.78, 5) is 26.6. The van der Waals surface area contributed by atoms with Gasteiger partial charge in [0.15, 0.2) is 6.04 Å². The van der Waals surface area contributed by atoms with Crippen molar-refractivity contribution in [3.8, 4) is 0 Å². The third kappa shape index (κ3) is 2.20. The minimum absolute atomic E-state index is 0.218. The lowest BCUT2D eigenvalue weighted by Crippen LogP contribution is -2.48. The number of hydrogen-bond donors (Lipinski definition) is 1. The predicted molar refractivity (Wildman–Crippen MR) is 68.6 cm³/mol. The lowest BCUT2D eigenvalue weighted by Gasteiger charge is -2.33. The van der Waals surface area contributed by atoms with E-state index in [1.807, 2.05) is 18.4 Å². The summed E-state index contributed by atoms with van der Waals surface area (Å²) < 4.78 is 4.82. The minimum Gasteiger partial charge on any atom is -0.467 e. The second-order valence-electron chi connectivity index (χ2n) is 4.00. The molecule has 0 unspecified atom stereocenters. The van der Waals surface area contributed by atoms with Gasteiger partial charge in [0.05, 0.1) is 7.11 Å². The topological polar surface area (TPSA) is 58.6 Å². The number of carbonyl (C=O) groups is 2. The van der Waals surface area contributed by atoms with Crippen molar-refractivity contribution in [3.63, 3.8) is 0 Å². The average molecular weight is 268 g/mol. The van der Waals surface area contributed by atoms with Crippen LogP contribution in [0.5, 0.6) is 0 Å². The average Bonchev–Trinajstić information content (AvgIpc) is 2.85. The molecule has 2 rings (SSSR count). The van der Waals surface area contributed by atoms with Gasteiger partial charge in [-0.25, -0.2) is 9.59 Å². The lowest BCUT2D eigenvalue weighted by atomic mass is 10.0. The van der Waals surface area contributed by atoms with E-state index in [1.165, 1.54) is 7.11 Å². The number of nitrogens with one attached hydrogen (secondary N) is 1. The first kappa shape index (κ1) is 12.9. The van der Waals surface area contributed by atoms with Gasteiger partial charge >= 0.3 is 12.0 Å². The van der Waals surface area contributed by atoms with Crippen LogP contribution in [0.4, 0.5) is 4.79 Å². The van der Waals surface area contributed by atoms with Crippen LogP contribution in [-0.4, -0.2) is 37.1 Å². The molecule has 0 bridgehead atoms. The molecule has 6 heteroatoms. The Kier molecular flexibility index (Phi) is 3.86. The zero-order valence-electron chi connectivity index (χ0n) is 10.4. The normalized spacial score (nSPS) is 18.1. The Morgan fingerprint density at radius 1 is 1.61 bits per heavy atom. The largest absolute Gasteiger partial charge is 0.467 e. The van der Waals surface area contributed by atoms with Gasteiger partial charge < -0.3 is 15.0 Å². The molecule has 1 aliphatic rings. The van der Waals surface area contributed by atoms with E-state index in [-0.39, 0.29) is 12.0 Å². The highest BCUT2D eigenvalue weighted by molar-refractivity contribution is 7.10. The van der Waals surface area contributed by atoms with Crippen LogP contribution in [-0.2, 0) is 16.0 Å². The summed E-state index contributed by atoms with van der Waals surface area (Å²) in [6.07, 6.45) is 0.789. The van der Waals surface area contributed by atoms with Crippen LogP contribution in [0.15, 0.2) is 11.4 Å². The molecule has 2 heterocycles. The van der Waals surface area contributed by atoms with Crippen LogP contribution in [0.2, 0.25) is 0 Å². The van der Waals surface area contributed by atoms with Gasteiger partial charge in [0.2, 0.25) is 0 Å². The second-order valence-corrected chi connectivity index (χ2v) is 5.00. The zero-order valence-corrected chi connectivity index (χ0v) is 11.3. The molecule has 0 aromatic carbocycles. The molecular formula is C12H16N2O3S. The first-order valence-electron chi connectivity index (χ1n) is 5.87. The highest BCUT2D eigenvalue weighted by Crippen LogP contribution is 2.33. The van der Waals surface area contributed by atoms with Crippen molar-refractivity contribution >= 4 is 23.3 Å². The third-order valence-electron chi connectivity index (χ3n) is 2.98. The van der Waals surface area contributed by atoms with Gasteiger partial charge in [0.1, 0.15) is 0 Å². The number of nitrogens with zero attached hydrogens (tertiary/aromatic N) is 1. The molecule has 0 fully saturated rings. The molecule has 1 aromatic heterocycles. The number of methoxy groups -OCH3 is 1. The molecule has 1 atom stereocenters. The van der Waals surface area contributed by atoms with Crippen LogP contribution >= 0.6 is 11.3 Å². The van der Waals surface area contributed by atoms with Gasteiger partial charge in [0, 0.05) is 18.0 Å². The molecule has 18 heavy (non-hydrogen) atoms. The Morgan fingerprint density at radius 3 is 3.06 bits per heavy atom. The first-order chi connectivity index (χ1) is 8.69. The van der Waals surface area contributed by atoms with Crippen molar-refractivity contribution < 1.29 is 14.3 Å². The van der Waals surface area contributed by atoms with Gasteiger partial charge in [-0.1, -0.05) is 0 Å². The molecule has 5 nitrogen and oxygen atoms in total. The Labute approximate surface area is 110 Å². The molecule has 1 aromatic rings. The molecule has 0 saturated carbocycles.